The van der Waals surface area contributed by atoms with E-state index in [1.54, 1.807) is 24.3 Å². The molecule has 2 aromatic heterocycles. The Labute approximate surface area is 146 Å². The minimum atomic E-state index is -4.54. The fourth-order valence-corrected chi connectivity index (χ4v) is 3.56. The van der Waals surface area contributed by atoms with E-state index < -0.39 is 11.7 Å². The maximum absolute atomic E-state index is 13.5. The van der Waals surface area contributed by atoms with E-state index >= 15 is 0 Å². The Morgan fingerprint density at radius 1 is 1.28 bits per heavy atom. The van der Waals surface area contributed by atoms with Crippen LogP contribution < -0.4 is 5.73 Å². The monoisotopic (exact) mass is 359 g/mol. The predicted octanol–water partition coefficient (Wildman–Crippen LogP) is 5.77. The molecule has 0 unspecified atom stereocenters. The van der Waals surface area contributed by atoms with Crippen LogP contribution in [0.3, 0.4) is 0 Å². The molecule has 0 bridgehead atoms. The minimum absolute atomic E-state index is 0.000735. The van der Waals surface area contributed by atoms with Crippen LogP contribution in [0.5, 0.6) is 0 Å². The Morgan fingerprint density at radius 2 is 1.92 bits per heavy atom. The molecular formula is C18H12F3N3S. The summed E-state index contributed by atoms with van der Waals surface area (Å²) in [4.78, 5) is 7.86. The van der Waals surface area contributed by atoms with Gasteiger partial charge in [-0.3, -0.25) is 0 Å². The van der Waals surface area contributed by atoms with E-state index in [0.717, 1.165) is 17.4 Å². The molecule has 0 aliphatic carbocycles. The maximum Gasteiger partial charge on any atom is 0.417 e. The smallest absolute Gasteiger partial charge is 0.399 e. The number of benzene rings is 1. The average molecular weight is 359 g/mol. The fourth-order valence-electron chi connectivity index (χ4n) is 2.57. The van der Waals surface area contributed by atoms with Crippen molar-refractivity contribution in [1.82, 2.24) is 4.98 Å². The summed E-state index contributed by atoms with van der Waals surface area (Å²) in [5, 5.41) is 0.221. The molecule has 0 fully saturated rings. The molecule has 25 heavy (non-hydrogen) atoms. The van der Waals surface area contributed by atoms with Crippen LogP contribution in [0.1, 0.15) is 16.7 Å². The van der Waals surface area contributed by atoms with Crippen molar-refractivity contribution >= 4 is 32.3 Å². The first-order valence-corrected chi connectivity index (χ1v) is 7.98. The first-order chi connectivity index (χ1) is 11.7. The summed E-state index contributed by atoms with van der Waals surface area (Å²) in [6.45, 7) is 12.3. The van der Waals surface area contributed by atoms with Crippen LogP contribution in [0.4, 0.5) is 18.2 Å². The van der Waals surface area contributed by atoms with Gasteiger partial charge < -0.3 is 5.73 Å². The molecule has 3 rings (SSSR count). The van der Waals surface area contributed by atoms with E-state index in [1.807, 2.05) is 0 Å². The van der Waals surface area contributed by atoms with Gasteiger partial charge in [0.25, 0.3) is 0 Å². The molecule has 126 valence electrons. The normalized spacial score (nSPS) is 11.5. The molecule has 0 saturated heterocycles. The van der Waals surface area contributed by atoms with Crippen molar-refractivity contribution in [2.75, 3.05) is 0 Å². The zero-order chi connectivity index (χ0) is 18.4. The van der Waals surface area contributed by atoms with Gasteiger partial charge in [-0.15, -0.1) is 11.3 Å². The molecule has 0 amide bonds. The van der Waals surface area contributed by atoms with Gasteiger partial charge in [0, 0.05) is 16.6 Å². The number of pyridine rings is 1. The van der Waals surface area contributed by atoms with E-state index in [9.17, 15) is 13.2 Å². The first kappa shape index (κ1) is 17.0. The highest BCUT2D eigenvalue weighted by Gasteiger charge is 2.35. The SMILES string of the molecule is [C-]#[N+]c1sc2nc(-c3ccc(C(=C)N)cc3)cc(C(F)(F)F)c2c1C. The summed E-state index contributed by atoms with van der Waals surface area (Å²) in [7, 11) is 0. The molecule has 0 spiro atoms. The molecule has 2 heterocycles. The van der Waals surface area contributed by atoms with Crippen molar-refractivity contribution < 1.29 is 13.2 Å². The van der Waals surface area contributed by atoms with Crippen LogP contribution >= 0.6 is 11.3 Å². The van der Waals surface area contributed by atoms with Gasteiger partial charge in [0.2, 0.25) is 5.00 Å². The molecule has 0 aliphatic rings. The number of aryl methyl sites for hydroxylation is 1. The quantitative estimate of drug-likeness (QED) is 0.590. The Morgan fingerprint density at radius 3 is 2.44 bits per heavy atom. The largest absolute Gasteiger partial charge is 0.417 e. The standard InChI is InChI=1S/C18H12F3N3S/c1-9-15-13(18(19,20)21)8-14(24-17(15)25-16(9)23-3)12-6-4-11(5-7-12)10(2)22/h4-8H,2,22H2,1H3. The van der Waals surface area contributed by atoms with E-state index in [2.05, 4.69) is 16.4 Å². The lowest BCUT2D eigenvalue weighted by Gasteiger charge is -2.12. The van der Waals surface area contributed by atoms with Gasteiger partial charge in [-0.1, -0.05) is 30.8 Å². The van der Waals surface area contributed by atoms with Crippen LogP contribution in [-0.4, -0.2) is 4.98 Å². The van der Waals surface area contributed by atoms with Crippen molar-refractivity contribution in [3.63, 3.8) is 0 Å². The zero-order valence-corrected chi connectivity index (χ0v) is 13.9. The van der Waals surface area contributed by atoms with Gasteiger partial charge in [0.05, 0.1) is 17.8 Å². The highest BCUT2D eigenvalue weighted by atomic mass is 32.1. The van der Waals surface area contributed by atoms with Crippen molar-refractivity contribution in [2.24, 2.45) is 5.73 Å². The number of hydrogen-bond acceptors (Lipinski definition) is 3. The number of nitrogens with zero attached hydrogens (tertiary/aromatic N) is 2. The highest BCUT2D eigenvalue weighted by Crippen LogP contribution is 2.44. The second-order valence-corrected chi connectivity index (χ2v) is 6.46. The van der Waals surface area contributed by atoms with E-state index in [0.29, 0.717) is 22.4 Å². The van der Waals surface area contributed by atoms with Crippen molar-refractivity contribution in [3.8, 4) is 11.3 Å². The van der Waals surface area contributed by atoms with Crippen molar-refractivity contribution in [1.29, 1.82) is 0 Å². The predicted molar refractivity (Wildman–Crippen MR) is 94.3 cm³/mol. The van der Waals surface area contributed by atoms with Crippen LogP contribution in [0, 0.1) is 13.5 Å². The molecular weight excluding hydrogens is 347 g/mol. The molecule has 0 atom stereocenters. The maximum atomic E-state index is 13.5. The summed E-state index contributed by atoms with van der Waals surface area (Å²) < 4.78 is 40.6. The molecule has 7 heteroatoms. The summed E-state index contributed by atoms with van der Waals surface area (Å²) >= 11 is 0.972. The van der Waals surface area contributed by atoms with Crippen molar-refractivity contribution in [3.05, 3.63) is 65.0 Å². The summed E-state index contributed by atoms with van der Waals surface area (Å²) in [6.07, 6.45) is -4.54. The number of nitrogens with two attached hydrogens (primary N) is 1. The second-order valence-electron chi connectivity index (χ2n) is 5.48. The molecule has 3 nitrogen and oxygen atoms in total. The van der Waals surface area contributed by atoms with Gasteiger partial charge in [-0.25, -0.2) is 9.83 Å². The highest BCUT2D eigenvalue weighted by molar-refractivity contribution is 7.22. The van der Waals surface area contributed by atoms with Crippen LogP contribution in [0.15, 0.2) is 36.9 Å². The third kappa shape index (κ3) is 2.96. The first-order valence-electron chi connectivity index (χ1n) is 7.16. The fraction of sp³-hybridized carbons (Fsp3) is 0.111. The average Bonchev–Trinajstić information content (AvgIpc) is 2.89. The van der Waals surface area contributed by atoms with E-state index in [-0.39, 0.29) is 20.9 Å². The van der Waals surface area contributed by atoms with Gasteiger partial charge >= 0.3 is 6.18 Å². The lowest BCUT2D eigenvalue weighted by Crippen LogP contribution is -2.07. The Bertz CT molecular complexity index is 1020. The van der Waals surface area contributed by atoms with Crippen LogP contribution in [0.2, 0.25) is 0 Å². The molecule has 0 radical (unpaired) electrons. The lowest BCUT2D eigenvalue weighted by molar-refractivity contribution is -0.136. The third-order valence-electron chi connectivity index (χ3n) is 3.83. The Balaban J connectivity index is 2.27. The topological polar surface area (TPSA) is 43.3 Å². The Hall–Kier alpha value is -2.85. The van der Waals surface area contributed by atoms with Gasteiger partial charge in [0.1, 0.15) is 4.83 Å². The van der Waals surface area contributed by atoms with Crippen molar-refractivity contribution in [2.45, 2.75) is 13.1 Å². The second kappa shape index (κ2) is 5.90. The number of hydrogen-bond donors (Lipinski definition) is 1. The lowest BCUT2D eigenvalue weighted by atomic mass is 10.0. The van der Waals surface area contributed by atoms with E-state index in [4.69, 9.17) is 12.3 Å². The van der Waals surface area contributed by atoms with Gasteiger partial charge in [-0.05, 0) is 24.1 Å². The summed E-state index contributed by atoms with van der Waals surface area (Å²) in [5.74, 6) is 0. The number of alkyl halides is 3. The molecule has 0 saturated carbocycles. The van der Waals surface area contributed by atoms with E-state index in [1.165, 1.54) is 6.92 Å². The number of fused-ring (bicyclic) bond motifs is 1. The molecule has 1 aromatic carbocycles. The third-order valence-corrected chi connectivity index (χ3v) is 4.91. The number of aromatic nitrogens is 1. The van der Waals surface area contributed by atoms with Gasteiger partial charge in [0.15, 0.2) is 0 Å². The molecule has 3 aromatic rings. The Kier molecular flexibility index (Phi) is 4.01. The molecule has 0 aliphatic heterocycles. The molecule has 2 N–H and O–H groups in total. The number of halogens is 3. The summed E-state index contributed by atoms with van der Waals surface area (Å²) in [6, 6.07) is 7.69. The minimum Gasteiger partial charge on any atom is -0.399 e. The summed E-state index contributed by atoms with van der Waals surface area (Å²) in [5.41, 5.74) is 6.96. The number of rotatable bonds is 2. The number of thiophene rings is 1. The van der Waals surface area contributed by atoms with Crippen LogP contribution in [-0.2, 0) is 6.18 Å². The van der Waals surface area contributed by atoms with Crippen LogP contribution in [0.25, 0.3) is 32.0 Å². The van der Waals surface area contributed by atoms with Gasteiger partial charge in [-0.2, -0.15) is 13.2 Å². The zero-order valence-electron chi connectivity index (χ0n) is 13.1.